The highest BCUT2D eigenvalue weighted by molar-refractivity contribution is 6.31. The van der Waals surface area contributed by atoms with Gasteiger partial charge in [0.15, 0.2) is 0 Å². The van der Waals surface area contributed by atoms with E-state index in [2.05, 4.69) is 26.1 Å². The second kappa shape index (κ2) is 6.97. The van der Waals surface area contributed by atoms with Crippen molar-refractivity contribution in [3.8, 4) is 0 Å². The number of halogens is 2. The van der Waals surface area contributed by atoms with E-state index in [1.165, 1.54) is 6.07 Å². The van der Waals surface area contributed by atoms with Gasteiger partial charge >= 0.3 is 0 Å². The Balaban J connectivity index is 2.56. The molecule has 0 aliphatic rings. The molecule has 0 saturated carbocycles. The highest BCUT2D eigenvalue weighted by Gasteiger charge is 2.12. The van der Waals surface area contributed by atoms with Crippen LogP contribution in [0.2, 0.25) is 5.02 Å². The summed E-state index contributed by atoms with van der Waals surface area (Å²) in [6.07, 6.45) is 1.90. The first-order valence-corrected chi connectivity index (χ1v) is 6.58. The quantitative estimate of drug-likeness (QED) is 0.811. The van der Waals surface area contributed by atoms with E-state index >= 15 is 0 Å². The van der Waals surface area contributed by atoms with Gasteiger partial charge in [-0.25, -0.2) is 4.39 Å². The predicted molar refractivity (Wildman–Crippen MR) is 72.0 cm³/mol. The second-order valence-electron chi connectivity index (χ2n) is 4.72. The van der Waals surface area contributed by atoms with E-state index < -0.39 is 0 Å². The molecule has 1 nitrogen and oxygen atoms in total. The van der Waals surface area contributed by atoms with E-state index in [1.807, 2.05) is 6.07 Å². The monoisotopic (exact) mass is 257 g/mol. The first-order chi connectivity index (χ1) is 8.04. The molecule has 1 aromatic rings. The summed E-state index contributed by atoms with van der Waals surface area (Å²) in [7, 11) is 0. The van der Waals surface area contributed by atoms with E-state index in [0.29, 0.717) is 12.0 Å². The smallest absolute Gasteiger partial charge is 0.142 e. The van der Waals surface area contributed by atoms with Crippen LogP contribution in [0.4, 0.5) is 4.39 Å². The Hall–Kier alpha value is -0.600. The summed E-state index contributed by atoms with van der Waals surface area (Å²) in [6.45, 7) is 7.43. The van der Waals surface area contributed by atoms with Gasteiger partial charge in [-0.2, -0.15) is 0 Å². The molecule has 1 N–H and O–H groups in total. The molecule has 0 saturated heterocycles. The SMILES string of the molecule is CCNC(C)CC(C)Cc1cccc(F)c1Cl. The highest BCUT2D eigenvalue weighted by Crippen LogP contribution is 2.23. The molecule has 17 heavy (non-hydrogen) atoms. The molecular weight excluding hydrogens is 237 g/mol. The highest BCUT2D eigenvalue weighted by atomic mass is 35.5. The van der Waals surface area contributed by atoms with Crippen molar-refractivity contribution < 1.29 is 4.39 Å². The van der Waals surface area contributed by atoms with Gasteiger partial charge in [0.05, 0.1) is 5.02 Å². The fraction of sp³-hybridized carbons (Fsp3) is 0.571. The topological polar surface area (TPSA) is 12.0 Å². The van der Waals surface area contributed by atoms with Crippen molar-refractivity contribution in [2.45, 2.75) is 39.7 Å². The van der Waals surface area contributed by atoms with Crippen LogP contribution >= 0.6 is 11.6 Å². The summed E-state index contributed by atoms with van der Waals surface area (Å²) >= 11 is 5.94. The third-order valence-electron chi connectivity index (χ3n) is 2.91. The van der Waals surface area contributed by atoms with Crippen molar-refractivity contribution in [3.05, 3.63) is 34.6 Å². The molecule has 1 aromatic carbocycles. The van der Waals surface area contributed by atoms with Crippen molar-refractivity contribution >= 4 is 11.6 Å². The average molecular weight is 258 g/mol. The summed E-state index contributed by atoms with van der Waals surface area (Å²) < 4.78 is 13.3. The Morgan fingerprint density at radius 2 is 2.06 bits per heavy atom. The molecule has 0 bridgehead atoms. The molecule has 1 rings (SSSR count). The Bertz CT molecular complexity index is 354. The van der Waals surface area contributed by atoms with Gasteiger partial charge in [0.25, 0.3) is 0 Å². The van der Waals surface area contributed by atoms with Crippen LogP contribution in [-0.2, 0) is 6.42 Å². The molecule has 0 heterocycles. The number of rotatable bonds is 6. The van der Waals surface area contributed by atoms with Gasteiger partial charge in [-0.1, -0.05) is 37.6 Å². The largest absolute Gasteiger partial charge is 0.315 e. The van der Waals surface area contributed by atoms with E-state index in [1.54, 1.807) is 6.07 Å². The minimum atomic E-state index is -0.323. The van der Waals surface area contributed by atoms with Crippen LogP contribution < -0.4 is 5.32 Å². The lowest BCUT2D eigenvalue weighted by Crippen LogP contribution is -2.27. The molecule has 2 atom stereocenters. The van der Waals surface area contributed by atoms with Gasteiger partial charge in [-0.3, -0.25) is 0 Å². The average Bonchev–Trinajstić information content (AvgIpc) is 2.25. The summed E-state index contributed by atoms with van der Waals surface area (Å²) in [4.78, 5) is 0. The lowest BCUT2D eigenvalue weighted by molar-refractivity contribution is 0.426. The van der Waals surface area contributed by atoms with Crippen molar-refractivity contribution in [2.75, 3.05) is 6.54 Å². The number of nitrogens with one attached hydrogen (secondary N) is 1. The Morgan fingerprint density at radius 1 is 1.35 bits per heavy atom. The standard InChI is InChI=1S/C14H21ClFN/c1-4-17-11(3)8-10(2)9-12-6-5-7-13(16)14(12)15/h5-7,10-11,17H,4,8-9H2,1-3H3. The normalized spacial score (nSPS) is 14.6. The summed E-state index contributed by atoms with van der Waals surface area (Å²) in [5.74, 6) is 0.166. The van der Waals surface area contributed by atoms with Gasteiger partial charge in [0.2, 0.25) is 0 Å². The van der Waals surface area contributed by atoms with Crippen molar-refractivity contribution in [2.24, 2.45) is 5.92 Å². The lowest BCUT2D eigenvalue weighted by Gasteiger charge is -2.18. The van der Waals surface area contributed by atoms with Crippen LogP contribution in [0.25, 0.3) is 0 Å². The van der Waals surface area contributed by atoms with Crippen molar-refractivity contribution in [3.63, 3.8) is 0 Å². The molecule has 0 aromatic heterocycles. The molecule has 2 unspecified atom stereocenters. The summed E-state index contributed by atoms with van der Waals surface area (Å²) in [5, 5.41) is 3.65. The third-order valence-corrected chi connectivity index (χ3v) is 3.33. The fourth-order valence-corrected chi connectivity index (χ4v) is 2.40. The van der Waals surface area contributed by atoms with E-state index in [-0.39, 0.29) is 10.8 Å². The van der Waals surface area contributed by atoms with Crippen LogP contribution in [0.5, 0.6) is 0 Å². The Labute approximate surface area is 108 Å². The number of benzene rings is 1. The zero-order valence-electron chi connectivity index (χ0n) is 10.8. The maximum absolute atomic E-state index is 13.3. The van der Waals surface area contributed by atoms with E-state index in [9.17, 15) is 4.39 Å². The molecule has 3 heteroatoms. The zero-order valence-corrected chi connectivity index (χ0v) is 11.5. The fourth-order valence-electron chi connectivity index (χ4n) is 2.20. The van der Waals surface area contributed by atoms with E-state index in [4.69, 9.17) is 11.6 Å². The maximum atomic E-state index is 13.3. The molecule has 0 fully saturated rings. The van der Waals surface area contributed by atoms with Gasteiger partial charge < -0.3 is 5.32 Å². The van der Waals surface area contributed by atoms with E-state index in [0.717, 1.165) is 24.9 Å². The lowest BCUT2D eigenvalue weighted by atomic mass is 9.95. The third kappa shape index (κ3) is 4.64. The van der Waals surface area contributed by atoms with Crippen LogP contribution in [0.1, 0.15) is 32.8 Å². The molecule has 96 valence electrons. The minimum Gasteiger partial charge on any atom is -0.315 e. The van der Waals surface area contributed by atoms with Crippen LogP contribution in [0, 0.1) is 11.7 Å². The Morgan fingerprint density at radius 3 is 2.71 bits per heavy atom. The van der Waals surface area contributed by atoms with Crippen molar-refractivity contribution in [1.29, 1.82) is 0 Å². The van der Waals surface area contributed by atoms with Crippen molar-refractivity contribution in [1.82, 2.24) is 5.32 Å². The molecule has 0 spiro atoms. The molecular formula is C14H21ClFN. The number of hydrogen-bond acceptors (Lipinski definition) is 1. The van der Waals surface area contributed by atoms with Crippen LogP contribution in [0.15, 0.2) is 18.2 Å². The maximum Gasteiger partial charge on any atom is 0.142 e. The molecule has 0 aliphatic heterocycles. The van der Waals surface area contributed by atoms with Gasteiger partial charge in [-0.15, -0.1) is 0 Å². The Kier molecular flexibility index (Phi) is 5.93. The van der Waals surface area contributed by atoms with Gasteiger partial charge in [-0.05, 0) is 43.9 Å². The van der Waals surface area contributed by atoms with Gasteiger partial charge in [0, 0.05) is 6.04 Å². The molecule has 0 radical (unpaired) electrons. The minimum absolute atomic E-state index is 0.274. The predicted octanol–water partition coefficient (Wildman–Crippen LogP) is 4.05. The molecule has 0 amide bonds. The van der Waals surface area contributed by atoms with Crippen LogP contribution in [0.3, 0.4) is 0 Å². The zero-order chi connectivity index (χ0) is 12.8. The first-order valence-electron chi connectivity index (χ1n) is 6.20. The molecule has 0 aliphatic carbocycles. The summed E-state index contributed by atoms with van der Waals surface area (Å²) in [6, 6.07) is 5.51. The first kappa shape index (κ1) is 14.5. The second-order valence-corrected chi connectivity index (χ2v) is 5.09. The van der Waals surface area contributed by atoms with Gasteiger partial charge in [0.1, 0.15) is 5.82 Å². The summed E-state index contributed by atoms with van der Waals surface area (Å²) in [5.41, 5.74) is 0.905. The number of hydrogen-bond donors (Lipinski definition) is 1. The van der Waals surface area contributed by atoms with Crippen LogP contribution in [-0.4, -0.2) is 12.6 Å².